The highest BCUT2D eigenvalue weighted by Gasteiger charge is 2.10. The third kappa shape index (κ3) is 3.68. The minimum absolute atomic E-state index is 0.233. The lowest BCUT2D eigenvalue weighted by atomic mass is 10.0. The van der Waals surface area contributed by atoms with Crippen LogP contribution in [0.3, 0.4) is 0 Å². The van der Waals surface area contributed by atoms with Crippen LogP contribution in [0.2, 0.25) is 0 Å². The van der Waals surface area contributed by atoms with Crippen LogP contribution in [0.25, 0.3) is 11.1 Å². The van der Waals surface area contributed by atoms with E-state index >= 15 is 0 Å². The van der Waals surface area contributed by atoms with Crippen molar-refractivity contribution in [2.45, 2.75) is 6.61 Å². The molecule has 0 unspecified atom stereocenters. The number of rotatable bonds is 4. The predicted octanol–water partition coefficient (Wildman–Crippen LogP) is 4.09. The Morgan fingerprint density at radius 2 is 1.83 bits per heavy atom. The molecule has 0 atom stereocenters. The van der Waals surface area contributed by atoms with Gasteiger partial charge in [-0.3, -0.25) is 4.98 Å². The van der Waals surface area contributed by atoms with E-state index in [0.717, 1.165) is 22.3 Å². The zero-order valence-electron chi connectivity index (χ0n) is 13.0. The zero-order valence-corrected chi connectivity index (χ0v) is 13.0. The van der Waals surface area contributed by atoms with Gasteiger partial charge >= 0.3 is 5.97 Å². The summed E-state index contributed by atoms with van der Waals surface area (Å²) in [5.74, 6) is 2.20. The van der Waals surface area contributed by atoms with E-state index in [1.165, 1.54) is 6.20 Å². The van der Waals surface area contributed by atoms with E-state index in [-0.39, 0.29) is 6.61 Å². The van der Waals surface area contributed by atoms with Crippen LogP contribution in [0.5, 0.6) is 0 Å². The number of pyridine rings is 1. The lowest BCUT2D eigenvalue weighted by Gasteiger charge is -2.07. The molecule has 0 aliphatic heterocycles. The normalized spacial score (nSPS) is 9.96. The average Bonchev–Trinajstić information content (AvgIpc) is 2.67. The highest BCUT2D eigenvalue weighted by atomic mass is 16.5. The molecule has 1 heterocycles. The molecule has 3 rings (SSSR count). The minimum atomic E-state index is -0.402. The van der Waals surface area contributed by atoms with E-state index in [4.69, 9.17) is 11.2 Å². The maximum Gasteiger partial charge on any atom is 0.340 e. The quantitative estimate of drug-likeness (QED) is 0.538. The number of ether oxygens (including phenoxy) is 1. The molecule has 0 spiro atoms. The van der Waals surface area contributed by atoms with Crippen LogP contribution in [0.15, 0.2) is 73.1 Å². The molecule has 116 valence electrons. The molecule has 3 heteroatoms. The van der Waals surface area contributed by atoms with Crippen molar-refractivity contribution in [1.82, 2.24) is 4.98 Å². The predicted molar refractivity (Wildman–Crippen MR) is 93.2 cm³/mol. The summed E-state index contributed by atoms with van der Waals surface area (Å²) in [5.41, 5.74) is 3.87. The van der Waals surface area contributed by atoms with Gasteiger partial charge in [-0.2, -0.15) is 0 Å². The second kappa shape index (κ2) is 7.26. The Hall–Kier alpha value is -3.38. The molecule has 0 aliphatic carbocycles. The maximum atomic E-state index is 12.2. The van der Waals surface area contributed by atoms with Gasteiger partial charge in [0.05, 0.1) is 5.56 Å². The molecule has 0 bridgehead atoms. The number of hydrogen-bond acceptors (Lipinski definition) is 3. The first-order chi connectivity index (χ1) is 11.8. The summed E-state index contributed by atoms with van der Waals surface area (Å²) in [6.07, 6.45) is 8.63. The number of benzene rings is 2. The van der Waals surface area contributed by atoms with E-state index in [0.29, 0.717) is 5.56 Å². The van der Waals surface area contributed by atoms with Crippen molar-refractivity contribution in [3.8, 4) is 23.5 Å². The SMILES string of the molecule is C#Cc1cccc(-c2cncc(C(=O)OCc3ccccc3)c2)c1. The van der Waals surface area contributed by atoms with Crippen LogP contribution in [-0.4, -0.2) is 11.0 Å². The van der Waals surface area contributed by atoms with Crippen LogP contribution < -0.4 is 0 Å². The van der Waals surface area contributed by atoms with Gasteiger partial charge in [0.2, 0.25) is 0 Å². The van der Waals surface area contributed by atoms with E-state index in [2.05, 4.69) is 10.9 Å². The van der Waals surface area contributed by atoms with Crippen molar-refractivity contribution in [2.75, 3.05) is 0 Å². The molecule has 3 aromatic rings. The molecule has 0 fully saturated rings. The van der Waals surface area contributed by atoms with Crippen molar-refractivity contribution in [2.24, 2.45) is 0 Å². The van der Waals surface area contributed by atoms with Gasteiger partial charge in [0.15, 0.2) is 0 Å². The first kappa shape index (κ1) is 15.5. The Bertz CT molecular complexity index is 895. The second-order valence-electron chi connectivity index (χ2n) is 5.25. The molecule has 0 saturated heterocycles. The lowest BCUT2D eigenvalue weighted by molar-refractivity contribution is 0.0472. The van der Waals surface area contributed by atoms with Gasteiger partial charge in [0.25, 0.3) is 0 Å². The molecule has 1 aromatic heterocycles. The molecule has 3 nitrogen and oxygen atoms in total. The van der Waals surface area contributed by atoms with Crippen molar-refractivity contribution in [1.29, 1.82) is 0 Å². The Labute approximate surface area is 140 Å². The topological polar surface area (TPSA) is 39.2 Å². The van der Waals surface area contributed by atoms with Crippen LogP contribution >= 0.6 is 0 Å². The fraction of sp³-hybridized carbons (Fsp3) is 0.0476. The number of esters is 1. The van der Waals surface area contributed by atoms with Crippen LogP contribution in [0.1, 0.15) is 21.5 Å². The van der Waals surface area contributed by atoms with E-state index in [9.17, 15) is 4.79 Å². The molecule has 2 aromatic carbocycles. The number of carbonyl (C=O) groups excluding carboxylic acids is 1. The number of carbonyl (C=O) groups is 1. The Morgan fingerprint density at radius 3 is 2.62 bits per heavy atom. The highest BCUT2D eigenvalue weighted by molar-refractivity contribution is 5.90. The van der Waals surface area contributed by atoms with Crippen molar-refractivity contribution in [3.05, 3.63) is 89.7 Å². The summed E-state index contributed by atoms with van der Waals surface area (Å²) in [5, 5.41) is 0. The first-order valence-electron chi connectivity index (χ1n) is 7.49. The molecule has 0 radical (unpaired) electrons. The number of terminal acetylenes is 1. The molecule has 0 amide bonds. The van der Waals surface area contributed by atoms with E-state index < -0.39 is 5.97 Å². The largest absolute Gasteiger partial charge is 0.457 e. The summed E-state index contributed by atoms with van der Waals surface area (Å²) < 4.78 is 5.34. The Kier molecular flexibility index (Phi) is 4.69. The first-order valence-corrected chi connectivity index (χ1v) is 7.49. The van der Waals surface area contributed by atoms with Gasteiger partial charge in [0.1, 0.15) is 6.61 Å². The average molecular weight is 313 g/mol. The van der Waals surface area contributed by atoms with E-state index in [1.807, 2.05) is 54.6 Å². The lowest BCUT2D eigenvalue weighted by Crippen LogP contribution is -2.06. The van der Waals surface area contributed by atoms with Crippen LogP contribution in [-0.2, 0) is 11.3 Å². The highest BCUT2D eigenvalue weighted by Crippen LogP contribution is 2.21. The Morgan fingerprint density at radius 1 is 1.00 bits per heavy atom. The summed E-state index contributed by atoms with van der Waals surface area (Å²) in [7, 11) is 0. The number of aromatic nitrogens is 1. The minimum Gasteiger partial charge on any atom is -0.457 e. The second-order valence-corrected chi connectivity index (χ2v) is 5.25. The third-order valence-electron chi connectivity index (χ3n) is 3.55. The summed E-state index contributed by atoms with van der Waals surface area (Å²) in [6.45, 7) is 0.233. The summed E-state index contributed by atoms with van der Waals surface area (Å²) in [6, 6.07) is 18.9. The van der Waals surface area contributed by atoms with Gasteiger partial charge in [0, 0.05) is 23.5 Å². The Balaban J connectivity index is 1.77. The molecule has 24 heavy (non-hydrogen) atoms. The van der Waals surface area contributed by atoms with Crippen molar-refractivity contribution < 1.29 is 9.53 Å². The van der Waals surface area contributed by atoms with Crippen LogP contribution in [0.4, 0.5) is 0 Å². The number of hydrogen-bond donors (Lipinski definition) is 0. The zero-order chi connectivity index (χ0) is 16.8. The third-order valence-corrected chi connectivity index (χ3v) is 3.55. The fourth-order valence-electron chi connectivity index (χ4n) is 2.30. The molecular weight excluding hydrogens is 298 g/mol. The standard InChI is InChI=1S/C21H15NO2/c1-2-16-9-6-10-18(11-16)19-12-20(14-22-13-19)21(23)24-15-17-7-4-3-5-8-17/h1,3-14H,15H2. The maximum absolute atomic E-state index is 12.2. The van der Waals surface area contributed by atoms with Gasteiger partial charge in [-0.25, -0.2) is 4.79 Å². The van der Waals surface area contributed by atoms with Crippen molar-refractivity contribution in [3.63, 3.8) is 0 Å². The van der Waals surface area contributed by atoms with Gasteiger partial charge in [-0.05, 0) is 29.3 Å². The summed E-state index contributed by atoms with van der Waals surface area (Å²) >= 11 is 0. The van der Waals surface area contributed by atoms with Gasteiger partial charge in [-0.1, -0.05) is 48.4 Å². The number of nitrogens with zero attached hydrogens (tertiary/aromatic N) is 1. The van der Waals surface area contributed by atoms with E-state index in [1.54, 1.807) is 12.3 Å². The van der Waals surface area contributed by atoms with Gasteiger partial charge < -0.3 is 4.74 Å². The molecule has 0 saturated carbocycles. The molecule has 0 aliphatic rings. The van der Waals surface area contributed by atoms with Crippen LogP contribution in [0, 0.1) is 12.3 Å². The van der Waals surface area contributed by atoms with Crippen molar-refractivity contribution >= 4 is 5.97 Å². The molecule has 0 N–H and O–H groups in total. The molecular formula is C21H15NO2. The summed E-state index contributed by atoms with van der Waals surface area (Å²) in [4.78, 5) is 16.4. The fourth-order valence-corrected chi connectivity index (χ4v) is 2.30. The monoisotopic (exact) mass is 313 g/mol. The smallest absolute Gasteiger partial charge is 0.340 e. The van der Waals surface area contributed by atoms with Gasteiger partial charge in [-0.15, -0.1) is 6.42 Å².